The van der Waals surface area contributed by atoms with Crippen molar-refractivity contribution in [2.24, 2.45) is 0 Å². The summed E-state index contributed by atoms with van der Waals surface area (Å²) in [5.74, 6) is 1.60. The molecule has 0 aliphatic rings. The first-order chi connectivity index (χ1) is 11.2. The molecule has 118 valence electrons. The van der Waals surface area contributed by atoms with Crippen LogP contribution in [0.3, 0.4) is 0 Å². The van der Waals surface area contributed by atoms with Crippen LogP contribution in [0.4, 0.5) is 5.82 Å². The van der Waals surface area contributed by atoms with Gasteiger partial charge < -0.3 is 15.2 Å². The number of anilines is 1. The summed E-state index contributed by atoms with van der Waals surface area (Å²) in [6, 6.07) is 16.2. The first kappa shape index (κ1) is 15.3. The Morgan fingerprint density at radius 3 is 2.57 bits per heavy atom. The highest BCUT2D eigenvalue weighted by Gasteiger charge is 2.13. The van der Waals surface area contributed by atoms with E-state index < -0.39 is 0 Å². The van der Waals surface area contributed by atoms with Gasteiger partial charge >= 0.3 is 0 Å². The summed E-state index contributed by atoms with van der Waals surface area (Å²) in [5.41, 5.74) is 3.18. The standard InChI is InChI=1S/C19H20N2O2/c1-13-18(14-6-4-3-5-7-14)17-12-15(23-2)8-9-16(17)19(21-13)20-10-11-22/h3-9,12,22H,10-11H2,1-2H3,(H,20,21). The SMILES string of the molecule is COc1ccc2c(NCCO)nc(C)c(-c3ccccc3)c2c1. The summed E-state index contributed by atoms with van der Waals surface area (Å²) in [5, 5.41) is 14.4. The molecule has 0 unspecified atom stereocenters. The monoisotopic (exact) mass is 308 g/mol. The number of hydrogen-bond acceptors (Lipinski definition) is 4. The third kappa shape index (κ3) is 2.98. The van der Waals surface area contributed by atoms with E-state index in [0.29, 0.717) is 6.54 Å². The average Bonchev–Trinajstić information content (AvgIpc) is 2.59. The number of aliphatic hydroxyl groups excluding tert-OH is 1. The van der Waals surface area contributed by atoms with Crippen LogP contribution in [0.2, 0.25) is 0 Å². The molecule has 0 aliphatic carbocycles. The molecule has 0 saturated heterocycles. The number of fused-ring (bicyclic) bond motifs is 1. The zero-order valence-corrected chi connectivity index (χ0v) is 13.3. The van der Waals surface area contributed by atoms with Crippen molar-refractivity contribution < 1.29 is 9.84 Å². The summed E-state index contributed by atoms with van der Waals surface area (Å²) in [6.45, 7) is 2.54. The number of benzene rings is 2. The van der Waals surface area contributed by atoms with Crippen molar-refractivity contribution in [1.82, 2.24) is 4.98 Å². The van der Waals surface area contributed by atoms with Crippen molar-refractivity contribution >= 4 is 16.6 Å². The lowest BCUT2D eigenvalue weighted by molar-refractivity contribution is 0.311. The molecule has 3 aromatic rings. The smallest absolute Gasteiger partial charge is 0.134 e. The van der Waals surface area contributed by atoms with E-state index in [0.717, 1.165) is 39.2 Å². The lowest BCUT2D eigenvalue weighted by Gasteiger charge is -2.15. The van der Waals surface area contributed by atoms with E-state index in [-0.39, 0.29) is 6.61 Å². The van der Waals surface area contributed by atoms with Crippen LogP contribution in [0.25, 0.3) is 21.9 Å². The number of rotatable bonds is 5. The van der Waals surface area contributed by atoms with Crippen LogP contribution in [0.15, 0.2) is 48.5 Å². The average molecular weight is 308 g/mol. The predicted molar refractivity (Wildman–Crippen MR) is 94.0 cm³/mol. The van der Waals surface area contributed by atoms with Crippen LogP contribution >= 0.6 is 0 Å². The lowest BCUT2D eigenvalue weighted by atomic mass is 9.97. The molecule has 0 aliphatic heterocycles. The number of aliphatic hydroxyl groups is 1. The molecule has 23 heavy (non-hydrogen) atoms. The molecule has 0 atom stereocenters. The number of methoxy groups -OCH3 is 1. The minimum Gasteiger partial charge on any atom is -0.497 e. The van der Waals surface area contributed by atoms with E-state index in [2.05, 4.69) is 17.4 Å². The van der Waals surface area contributed by atoms with Crippen LogP contribution in [0.1, 0.15) is 5.69 Å². The van der Waals surface area contributed by atoms with Gasteiger partial charge in [0.25, 0.3) is 0 Å². The third-order valence-electron chi connectivity index (χ3n) is 3.86. The molecule has 0 bridgehead atoms. The molecule has 2 N–H and O–H groups in total. The minimum atomic E-state index is 0.0683. The van der Waals surface area contributed by atoms with Gasteiger partial charge in [-0.15, -0.1) is 0 Å². The number of pyridine rings is 1. The van der Waals surface area contributed by atoms with Crippen molar-refractivity contribution in [1.29, 1.82) is 0 Å². The van der Waals surface area contributed by atoms with Crippen LogP contribution in [0.5, 0.6) is 5.75 Å². The zero-order chi connectivity index (χ0) is 16.2. The van der Waals surface area contributed by atoms with E-state index in [1.54, 1.807) is 7.11 Å². The Kier molecular flexibility index (Phi) is 4.44. The molecule has 1 aromatic heterocycles. The number of ether oxygens (including phenoxy) is 1. The molecule has 0 fully saturated rings. The number of aromatic nitrogens is 1. The van der Waals surface area contributed by atoms with Crippen LogP contribution < -0.4 is 10.1 Å². The summed E-state index contributed by atoms with van der Waals surface area (Å²) >= 11 is 0. The van der Waals surface area contributed by atoms with Gasteiger partial charge in [0.2, 0.25) is 0 Å². The van der Waals surface area contributed by atoms with E-state index in [9.17, 15) is 0 Å². The number of nitrogens with one attached hydrogen (secondary N) is 1. The fourth-order valence-electron chi connectivity index (χ4n) is 2.82. The maximum Gasteiger partial charge on any atom is 0.134 e. The molecule has 0 saturated carbocycles. The zero-order valence-electron chi connectivity index (χ0n) is 13.3. The van der Waals surface area contributed by atoms with E-state index in [4.69, 9.17) is 14.8 Å². The molecule has 4 nitrogen and oxygen atoms in total. The number of nitrogens with zero attached hydrogens (tertiary/aromatic N) is 1. The van der Waals surface area contributed by atoms with Crippen molar-refractivity contribution in [3.8, 4) is 16.9 Å². The Labute approximate surface area is 135 Å². The van der Waals surface area contributed by atoms with Crippen LogP contribution in [0, 0.1) is 6.92 Å². The fraction of sp³-hybridized carbons (Fsp3) is 0.211. The molecule has 0 spiro atoms. The summed E-state index contributed by atoms with van der Waals surface area (Å²) in [6.07, 6.45) is 0. The van der Waals surface area contributed by atoms with Crippen molar-refractivity contribution in [3.05, 3.63) is 54.2 Å². The van der Waals surface area contributed by atoms with Gasteiger partial charge in [0.15, 0.2) is 0 Å². The largest absolute Gasteiger partial charge is 0.497 e. The second kappa shape index (κ2) is 6.67. The van der Waals surface area contributed by atoms with Gasteiger partial charge in [-0.05, 0) is 36.1 Å². The normalized spacial score (nSPS) is 10.7. The summed E-state index contributed by atoms with van der Waals surface area (Å²) in [7, 11) is 1.67. The number of hydrogen-bond donors (Lipinski definition) is 2. The minimum absolute atomic E-state index is 0.0683. The van der Waals surface area contributed by atoms with Crippen molar-refractivity contribution in [2.75, 3.05) is 25.6 Å². The maximum atomic E-state index is 9.07. The van der Waals surface area contributed by atoms with Gasteiger partial charge in [-0.3, -0.25) is 0 Å². The number of aryl methyl sites for hydroxylation is 1. The van der Waals surface area contributed by atoms with Gasteiger partial charge in [0, 0.05) is 23.2 Å². The first-order valence-corrected chi connectivity index (χ1v) is 7.63. The predicted octanol–water partition coefficient (Wildman–Crippen LogP) is 3.62. The Morgan fingerprint density at radius 2 is 1.87 bits per heavy atom. The van der Waals surface area contributed by atoms with Crippen LogP contribution in [-0.2, 0) is 0 Å². The molecule has 3 rings (SSSR count). The van der Waals surface area contributed by atoms with Gasteiger partial charge in [-0.2, -0.15) is 0 Å². The maximum absolute atomic E-state index is 9.07. The molecule has 2 aromatic carbocycles. The summed E-state index contributed by atoms with van der Waals surface area (Å²) < 4.78 is 5.39. The van der Waals surface area contributed by atoms with Gasteiger partial charge in [-0.25, -0.2) is 4.98 Å². The molecule has 1 heterocycles. The van der Waals surface area contributed by atoms with Gasteiger partial charge in [-0.1, -0.05) is 30.3 Å². The third-order valence-corrected chi connectivity index (χ3v) is 3.86. The summed E-state index contributed by atoms with van der Waals surface area (Å²) in [4.78, 5) is 4.71. The van der Waals surface area contributed by atoms with E-state index in [1.807, 2.05) is 43.3 Å². The molecule has 4 heteroatoms. The molecular formula is C19H20N2O2. The Balaban J connectivity index is 2.28. The second-order valence-electron chi connectivity index (χ2n) is 5.35. The van der Waals surface area contributed by atoms with Crippen LogP contribution in [-0.4, -0.2) is 30.4 Å². The Morgan fingerprint density at radius 1 is 1.09 bits per heavy atom. The van der Waals surface area contributed by atoms with E-state index in [1.165, 1.54) is 0 Å². The van der Waals surface area contributed by atoms with Gasteiger partial charge in [0.1, 0.15) is 11.6 Å². The topological polar surface area (TPSA) is 54.4 Å². The van der Waals surface area contributed by atoms with Crippen molar-refractivity contribution in [2.45, 2.75) is 6.92 Å². The Hall–Kier alpha value is -2.59. The first-order valence-electron chi connectivity index (χ1n) is 7.63. The highest BCUT2D eigenvalue weighted by Crippen LogP contribution is 2.36. The Bertz CT molecular complexity index is 816. The van der Waals surface area contributed by atoms with Gasteiger partial charge in [0.05, 0.1) is 13.7 Å². The van der Waals surface area contributed by atoms with Crippen molar-refractivity contribution in [3.63, 3.8) is 0 Å². The van der Waals surface area contributed by atoms with E-state index >= 15 is 0 Å². The second-order valence-corrected chi connectivity index (χ2v) is 5.35. The highest BCUT2D eigenvalue weighted by atomic mass is 16.5. The molecule has 0 amide bonds. The molecule has 0 radical (unpaired) electrons. The fourth-order valence-corrected chi connectivity index (χ4v) is 2.82. The quantitative estimate of drug-likeness (QED) is 0.756. The highest BCUT2D eigenvalue weighted by molar-refractivity contribution is 6.03. The lowest BCUT2D eigenvalue weighted by Crippen LogP contribution is -2.08. The molecular weight excluding hydrogens is 288 g/mol.